The fourth-order valence-corrected chi connectivity index (χ4v) is 4.16. The largest absolute Gasteiger partial charge is 0.360 e. The molecule has 2 aromatic carbocycles. The van der Waals surface area contributed by atoms with Crippen molar-refractivity contribution in [3.05, 3.63) is 71.8 Å². The molecule has 0 radical (unpaired) electrons. The number of hydrogen-bond acceptors (Lipinski definition) is 4. The van der Waals surface area contributed by atoms with E-state index in [0.29, 0.717) is 0 Å². The van der Waals surface area contributed by atoms with E-state index >= 15 is 0 Å². The molecule has 2 heterocycles. The molecule has 7 heteroatoms. The molecule has 0 bridgehead atoms. The number of nitrogens with zero attached hydrogens (tertiary/aromatic N) is 5. The van der Waals surface area contributed by atoms with Crippen LogP contribution in [-0.2, 0) is 5.54 Å². The lowest BCUT2D eigenvalue weighted by Gasteiger charge is -2.38. The normalized spacial score (nSPS) is 16.6. The smallest absolute Gasteiger partial charge is 0.214 e. The second-order valence-corrected chi connectivity index (χ2v) is 8.58. The first-order valence-electron chi connectivity index (χ1n) is 10.7. The zero-order valence-corrected chi connectivity index (χ0v) is 17.9. The summed E-state index contributed by atoms with van der Waals surface area (Å²) >= 11 is 0. The van der Waals surface area contributed by atoms with Gasteiger partial charge in [0.2, 0.25) is 5.82 Å². The van der Waals surface area contributed by atoms with Gasteiger partial charge >= 0.3 is 0 Å². The van der Waals surface area contributed by atoms with E-state index in [1.165, 1.54) is 22.6 Å². The average molecular weight is 410 g/mol. The quantitative estimate of drug-likeness (QED) is 0.680. The van der Waals surface area contributed by atoms with Crippen LogP contribution in [0.3, 0.4) is 0 Å². The molecule has 1 fully saturated rings. The molecule has 0 saturated carbocycles. The molecule has 6 nitrogen and oxygen atoms in total. The minimum absolute atomic E-state index is 0.0717. The third-order valence-corrected chi connectivity index (χ3v) is 6.33. The molecule has 30 heavy (non-hydrogen) atoms. The molecule has 4 rings (SSSR count). The highest BCUT2D eigenvalue weighted by atomic mass is 19.1. The Kier molecular flexibility index (Phi) is 5.81. The maximum Gasteiger partial charge on any atom is 0.214 e. The lowest BCUT2D eigenvalue weighted by atomic mass is 9.99. The van der Waals surface area contributed by atoms with Gasteiger partial charge in [-0.25, -0.2) is 9.07 Å². The van der Waals surface area contributed by atoms with Gasteiger partial charge in [0.1, 0.15) is 5.82 Å². The van der Waals surface area contributed by atoms with Crippen LogP contribution in [0.5, 0.6) is 0 Å². The summed E-state index contributed by atoms with van der Waals surface area (Å²) in [4.78, 5) is 3.77. The number of halogens is 1. The minimum Gasteiger partial charge on any atom is -0.360 e. The molecule has 1 aliphatic heterocycles. The standard InChI is InChI=1S/C23H29FN6/c1-4-23(2,3)30-22(25-26-27-30)21(18-8-6-5-7-9-18)29-16-14-28(15-17-29)20-12-10-19(24)11-13-20/h5-13,21H,4,14-17H2,1-3H3/p+1/t21-/m1/s1. The number of anilines is 1. The molecule has 1 atom stereocenters. The van der Waals surface area contributed by atoms with Crippen LogP contribution in [0.2, 0.25) is 0 Å². The van der Waals surface area contributed by atoms with Crippen molar-refractivity contribution in [1.82, 2.24) is 20.2 Å². The Balaban J connectivity index is 1.61. The Labute approximate surface area is 177 Å². The van der Waals surface area contributed by atoms with Crippen molar-refractivity contribution < 1.29 is 9.29 Å². The lowest BCUT2D eigenvalue weighted by molar-refractivity contribution is -0.927. The first-order valence-corrected chi connectivity index (χ1v) is 10.7. The molecule has 0 spiro atoms. The number of piperazine rings is 1. The van der Waals surface area contributed by atoms with E-state index in [0.717, 1.165) is 44.1 Å². The van der Waals surface area contributed by atoms with Crippen molar-refractivity contribution in [2.75, 3.05) is 31.1 Å². The van der Waals surface area contributed by atoms with E-state index in [1.807, 2.05) is 22.9 Å². The van der Waals surface area contributed by atoms with Crippen LogP contribution in [0.4, 0.5) is 10.1 Å². The van der Waals surface area contributed by atoms with Crippen LogP contribution in [-0.4, -0.2) is 46.4 Å². The van der Waals surface area contributed by atoms with Crippen molar-refractivity contribution in [2.45, 2.75) is 38.8 Å². The SMILES string of the molecule is CCC(C)(C)n1nnnc1[C@@H](c1ccccc1)[NH+]1CCN(c2ccc(F)cc2)CC1. The first kappa shape index (κ1) is 20.5. The van der Waals surface area contributed by atoms with Crippen LogP contribution >= 0.6 is 0 Å². The molecule has 0 amide bonds. The van der Waals surface area contributed by atoms with Gasteiger partial charge in [-0.15, -0.1) is 5.10 Å². The predicted octanol–water partition coefficient (Wildman–Crippen LogP) is 2.45. The number of aromatic nitrogens is 4. The van der Waals surface area contributed by atoms with E-state index in [9.17, 15) is 4.39 Å². The molecule has 1 aromatic heterocycles. The number of tetrazole rings is 1. The zero-order valence-electron chi connectivity index (χ0n) is 17.9. The van der Waals surface area contributed by atoms with E-state index in [4.69, 9.17) is 0 Å². The third-order valence-electron chi connectivity index (χ3n) is 6.33. The highest BCUT2D eigenvalue weighted by molar-refractivity contribution is 5.46. The van der Waals surface area contributed by atoms with Crippen molar-refractivity contribution in [2.24, 2.45) is 0 Å². The topological polar surface area (TPSA) is 51.3 Å². The number of hydrogen-bond donors (Lipinski definition) is 1. The molecule has 0 aliphatic carbocycles. The number of quaternary nitrogens is 1. The fraction of sp³-hybridized carbons (Fsp3) is 0.435. The minimum atomic E-state index is -0.197. The van der Waals surface area contributed by atoms with Crippen molar-refractivity contribution in [3.8, 4) is 0 Å². The molecular weight excluding hydrogens is 379 g/mol. The van der Waals surface area contributed by atoms with Crippen molar-refractivity contribution >= 4 is 5.69 Å². The van der Waals surface area contributed by atoms with Gasteiger partial charge in [0.15, 0.2) is 6.04 Å². The van der Waals surface area contributed by atoms with Crippen molar-refractivity contribution in [3.63, 3.8) is 0 Å². The molecule has 1 saturated heterocycles. The maximum absolute atomic E-state index is 13.3. The van der Waals surface area contributed by atoms with Gasteiger partial charge in [0.05, 0.1) is 31.7 Å². The lowest BCUT2D eigenvalue weighted by Crippen LogP contribution is -3.15. The van der Waals surface area contributed by atoms with Gasteiger partial charge in [-0.1, -0.05) is 37.3 Å². The summed E-state index contributed by atoms with van der Waals surface area (Å²) in [6.45, 7) is 10.2. The van der Waals surface area contributed by atoms with Gasteiger partial charge in [-0.2, -0.15) is 0 Å². The number of nitrogens with one attached hydrogen (secondary N) is 1. The van der Waals surface area contributed by atoms with Gasteiger partial charge in [-0.05, 0) is 55.0 Å². The molecule has 3 aromatic rings. The second-order valence-electron chi connectivity index (χ2n) is 8.58. The Morgan fingerprint density at radius 3 is 2.33 bits per heavy atom. The first-order chi connectivity index (χ1) is 14.5. The monoisotopic (exact) mass is 409 g/mol. The summed E-state index contributed by atoms with van der Waals surface area (Å²) in [5.41, 5.74) is 2.15. The van der Waals surface area contributed by atoms with Gasteiger partial charge in [-0.3, -0.25) is 0 Å². The van der Waals surface area contributed by atoms with Gasteiger partial charge in [0.25, 0.3) is 0 Å². The van der Waals surface area contributed by atoms with Gasteiger partial charge in [0, 0.05) is 11.3 Å². The Morgan fingerprint density at radius 2 is 1.70 bits per heavy atom. The van der Waals surface area contributed by atoms with E-state index in [-0.39, 0.29) is 17.4 Å². The van der Waals surface area contributed by atoms with Gasteiger partial charge < -0.3 is 9.80 Å². The van der Waals surface area contributed by atoms with Crippen LogP contribution in [0, 0.1) is 5.82 Å². The fourth-order valence-electron chi connectivity index (χ4n) is 4.16. The molecule has 1 aliphatic rings. The molecule has 158 valence electrons. The highest BCUT2D eigenvalue weighted by Gasteiger charge is 2.37. The summed E-state index contributed by atoms with van der Waals surface area (Å²) in [7, 11) is 0. The Hall–Kier alpha value is -2.80. The second kappa shape index (κ2) is 8.52. The summed E-state index contributed by atoms with van der Waals surface area (Å²) in [5.74, 6) is 0.718. The number of rotatable bonds is 6. The zero-order chi connectivity index (χ0) is 21.1. The van der Waals surface area contributed by atoms with E-state index in [2.05, 4.69) is 65.5 Å². The predicted molar refractivity (Wildman–Crippen MR) is 115 cm³/mol. The van der Waals surface area contributed by atoms with Crippen LogP contribution in [0.15, 0.2) is 54.6 Å². The van der Waals surface area contributed by atoms with Crippen LogP contribution in [0.1, 0.15) is 44.6 Å². The Morgan fingerprint density at radius 1 is 1.03 bits per heavy atom. The average Bonchev–Trinajstić information content (AvgIpc) is 3.26. The van der Waals surface area contributed by atoms with Crippen molar-refractivity contribution in [1.29, 1.82) is 0 Å². The summed E-state index contributed by atoms with van der Waals surface area (Å²) in [6.07, 6.45) is 0.945. The molecule has 1 N–H and O–H groups in total. The molecule has 0 unspecified atom stereocenters. The Bertz CT molecular complexity index is 945. The third kappa shape index (κ3) is 4.07. The van der Waals surface area contributed by atoms with Crippen LogP contribution < -0.4 is 9.80 Å². The van der Waals surface area contributed by atoms with E-state index in [1.54, 1.807) is 0 Å². The number of benzene rings is 2. The van der Waals surface area contributed by atoms with E-state index < -0.39 is 0 Å². The summed E-state index contributed by atoms with van der Waals surface area (Å²) < 4.78 is 15.3. The highest BCUT2D eigenvalue weighted by Crippen LogP contribution is 2.25. The van der Waals surface area contributed by atoms with Crippen LogP contribution in [0.25, 0.3) is 0 Å². The summed E-state index contributed by atoms with van der Waals surface area (Å²) in [6, 6.07) is 17.4. The molecular formula is C23H30FN6+. The summed E-state index contributed by atoms with van der Waals surface area (Å²) in [5, 5.41) is 12.9. The maximum atomic E-state index is 13.3.